The lowest BCUT2D eigenvalue weighted by atomic mass is 9.91. The molecular weight excluding hydrogens is 320 g/mol. The van der Waals surface area contributed by atoms with Crippen LogP contribution in [0.25, 0.3) is 11.4 Å². The van der Waals surface area contributed by atoms with Gasteiger partial charge in [0, 0.05) is 11.6 Å². The van der Waals surface area contributed by atoms with Gasteiger partial charge >= 0.3 is 0 Å². The molecule has 2 heterocycles. The molecule has 8 nitrogen and oxygen atoms in total. The van der Waals surface area contributed by atoms with E-state index in [-0.39, 0.29) is 18.0 Å². The molecular formula is C17H18N6O2. The first kappa shape index (κ1) is 15.5. The third kappa shape index (κ3) is 3.42. The molecule has 1 aliphatic rings. The SMILES string of the molecule is O=C(NC1CCC(n2nnc(-c3ccccc3)n2)CC1)c1cocn1. The molecule has 1 fully saturated rings. The summed E-state index contributed by atoms with van der Waals surface area (Å²) in [5.41, 5.74) is 1.27. The van der Waals surface area contributed by atoms with Gasteiger partial charge in [0.2, 0.25) is 5.82 Å². The van der Waals surface area contributed by atoms with E-state index in [1.165, 1.54) is 12.7 Å². The summed E-state index contributed by atoms with van der Waals surface area (Å²) in [6, 6.07) is 10.2. The Bertz CT molecular complexity index is 822. The quantitative estimate of drug-likeness (QED) is 0.783. The first-order chi connectivity index (χ1) is 12.3. The van der Waals surface area contributed by atoms with Crippen LogP contribution in [0.2, 0.25) is 0 Å². The highest BCUT2D eigenvalue weighted by Crippen LogP contribution is 2.28. The van der Waals surface area contributed by atoms with Crippen LogP contribution < -0.4 is 5.32 Å². The van der Waals surface area contributed by atoms with Crippen molar-refractivity contribution in [2.24, 2.45) is 0 Å². The molecule has 0 atom stereocenters. The van der Waals surface area contributed by atoms with Crippen molar-refractivity contribution in [3.05, 3.63) is 48.7 Å². The van der Waals surface area contributed by atoms with Gasteiger partial charge in [-0.15, -0.1) is 10.2 Å². The van der Waals surface area contributed by atoms with Crippen molar-refractivity contribution in [1.29, 1.82) is 0 Å². The molecule has 0 spiro atoms. The summed E-state index contributed by atoms with van der Waals surface area (Å²) in [4.78, 5) is 17.6. The number of hydrogen-bond acceptors (Lipinski definition) is 6. The van der Waals surface area contributed by atoms with Crippen molar-refractivity contribution >= 4 is 5.91 Å². The van der Waals surface area contributed by atoms with Gasteiger partial charge < -0.3 is 9.73 Å². The molecule has 0 unspecified atom stereocenters. The maximum absolute atomic E-state index is 12.0. The monoisotopic (exact) mass is 338 g/mol. The van der Waals surface area contributed by atoms with Crippen molar-refractivity contribution in [1.82, 2.24) is 30.5 Å². The Hall–Kier alpha value is -3.03. The fraction of sp³-hybridized carbons (Fsp3) is 0.353. The van der Waals surface area contributed by atoms with Crippen molar-refractivity contribution in [2.45, 2.75) is 37.8 Å². The Balaban J connectivity index is 1.34. The second kappa shape index (κ2) is 6.84. The second-order valence-corrected chi connectivity index (χ2v) is 6.15. The Kier molecular flexibility index (Phi) is 4.24. The molecule has 1 amide bonds. The van der Waals surface area contributed by atoms with Crippen LogP contribution in [0, 0.1) is 0 Å². The second-order valence-electron chi connectivity index (χ2n) is 6.15. The fourth-order valence-electron chi connectivity index (χ4n) is 3.12. The number of aromatic nitrogens is 5. The van der Waals surface area contributed by atoms with Crippen molar-refractivity contribution < 1.29 is 9.21 Å². The van der Waals surface area contributed by atoms with E-state index in [2.05, 4.69) is 25.7 Å². The summed E-state index contributed by atoms with van der Waals surface area (Å²) in [6.07, 6.45) is 6.15. The van der Waals surface area contributed by atoms with E-state index in [1.54, 1.807) is 4.80 Å². The van der Waals surface area contributed by atoms with Crippen molar-refractivity contribution in [3.63, 3.8) is 0 Å². The molecule has 8 heteroatoms. The molecule has 1 saturated carbocycles. The number of amides is 1. The lowest BCUT2D eigenvalue weighted by molar-refractivity contribution is 0.0915. The minimum atomic E-state index is -0.192. The van der Waals surface area contributed by atoms with Gasteiger partial charge in [-0.1, -0.05) is 30.3 Å². The van der Waals surface area contributed by atoms with Gasteiger partial charge in [-0.3, -0.25) is 4.79 Å². The van der Waals surface area contributed by atoms with E-state index < -0.39 is 0 Å². The highest BCUT2D eigenvalue weighted by atomic mass is 16.3. The summed E-state index contributed by atoms with van der Waals surface area (Å²) < 4.78 is 4.84. The largest absolute Gasteiger partial charge is 0.451 e. The van der Waals surface area contributed by atoms with Gasteiger partial charge in [-0.25, -0.2) is 4.98 Å². The van der Waals surface area contributed by atoms with Crippen LogP contribution in [-0.2, 0) is 0 Å². The van der Waals surface area contributed by atoms with E-state index >= 15 is 0 Å². The van der Waals surface area contributed by atoms with Gasteiger partial charge in [0.1, 0.15) is 6.26 Å². The summed E-state index contributed by atoms with van der Waals surface area (Å²) in [5, 5.41) is 15.9. The Labute approximate surface area is 144 Å². The van der Waals surface area contributed by atoms with Gasteiger partial charge in [-0.2, -0.15) is 4.80 Å². The molecule has 1 aromatic carbocycles. The van der Waals surface area contributed by atoms with E-state index in [1.807, 2.05) is 30.3 Å². The standard InChI is InChI=1S/C17H18N6O2/c24-17(15-10-25-11-18-15)19-13-6-8-14(9-7-13)23-21-16(20-22-23)12-4-2-1-3-5-12/h1-5,10-11,13-14H,6-9H2,(H,19,24). The number of nitrogens with one attached hydrogen (secondary N) is 1. The van der Waals surface area contributed by atoms with Crippen LogP contribution in [-0.4, -0.2) is 37.1 Å². The molecule has 25 heavy (non-hydrogen) atoms. The highest BCUT2D eigenvalue weighted by molar-refractivity contribution is 5.92. The maximum atomic E-state index is 12.0. The Morgan fingerprint density at radius 1 is 1.16 bits per heavy atom. The molecule has 3 aromatic rings. The van der Waals surface area contributed by atoms with Gasteiger partial charge in [0.05, 0.1) is 6.04 Å². The average Bonchev–Trinajstić information content (AvgIpc) is 3.35. The number of carbonyl (C=O) groups excluding carboxylic acids is 1. The predicted molar refractivity (Wildman–Crippen MR) is 88.5 cm³/mol. The van der Waals surface area contributed by atoms with Crippen LogP contribution in [0.15, 0.2) is 47.4 Å². The molecule has 0 radical (unpaired) electrons. The number of oxazole rings is 1. The van der Waals surface area contributed by atoms with Gasteiger partial charge in [0.15, 0.2) is 12.1 Å². The zero-order valence-electron chi connectivity index (χ0n) is 13.6. The Morgan fingerprint density at radius 2 is 1.96 bits per heavy atom. The molecule has 4 rings (SSSR count). The normalized spacial score (nSPS) is 20.3. The van der Waals surface area contributed by atoms with Crippen LogP contribution in [0.5, 0.6) is 0 Å². The first-order valence-electron chi connectivity index (χ1n) is 8.33. The zero-order chi connectivity index (χ0) is 17.1. The molecule has 128 valence electrons. The summed E-state index contributed by atoms with van der Waals surface area (Å²) >= 11 is 0. The molecule has 0 bridgehead atoms. The van der Waals surface area contributed by atoms with Crippen molar-refractivity contribution in [3.8, 4) is 11.4 Å². The lowest BCUT2D eigenvalue weighted by Crippen LogP contribution is -2.38. The summed E-state index contributed by atoms with van der Waals surface area (Å²) in [7, 11) is 0. The Morgan fingerprint density at radius 3 is 2.68 bits per heavy atom. The number of carbonyl (C=O) groups is 1. The minimum Gasteiger partial charge on any atom is -0.451 e. The van der Waals surface area contributed by atoms with E-state index in [9.17, 15) is 4.79 Å². The average molecular weight is 338 g/mol. The van der Waals surface area contributed by atoms with Crippen molar-refractivity contribution in [2.75, 3.05) is 0 Å². The third-order valence-corrected chi connectivity index (χ3v) is 4.48. The lowest BCUT2D eigenvalue weighted by Gasteiger charge is -2.27. The zero-order valence-corrected chi connectivity index (χ0v) is 13.6. The predicted octanol–water partition coefficient (Wildman–Crippen LogP) is 2.24. The van der Waals surface area contributed by atoms with Crippen LogP contribution in [0.3, 0.4) is 0 Å². The molecule has 1 N–H and O–H groups in total. The summed E-state index contributed by atoms with van der Waals surface area (Å²) in [5.74, 6) is 0.449. The number of nitrogens with zero attached hydrogens (tertiary/aromatic N) is 5. The smallest absolute Gasteiger partial charge is 0.273 e. The fourth-order valence-corrected chi connectivity index (χ4v) is 3.12. The number of hydrogen-bond donors (Lipinski definition) is 1. The third-order valence-electron chi connectivity index (χ3n) is 4.48. The van der Waals surface area contributed by atoms with Crippen LogP contribution >= 0.6 is 0 Å². The number of tetrazole rings is 1. The van der Waals surface area contributed by atoms with Gasteiger partial charge in [0.25, 0.3) is 5.91 Å². The van der Waals surface area contributed by atoms with Crippen LogP contribution in [0.1, 0.15) is 42.2 Å². The van der Waals surface area contributed by atoms with E-state index in [0.29, 0.717) is 11.5 Å². The van der Waals surface area contributed by atoms with E-state index in [4.69, 9.17) is 4.42 Å². The number of rotatable bonds is 4. The highest BCUT2D eigenvalue weighted by Gasteiger charge is 2.26. The molecule has 2 aromatic heterocycles. The topological polar surface area (TPSA) is 98.7 Å². The maximum Gasteiger partial charge on any atom is 0.273 e. The number of benzene rings is 1. The summed E-state index contributed by atoms with van der Waals surface area (Å²) in [6.45, 7) is 0. The molecule has 0 aliphatic heterocycles. The first-order valence-corrected chi connectivity index (χ1v) is 8.33. The molecule has 0 saturated heterocycles. The van der Waals surface area contributed by atoms with Gasteiger partial charge in [-0.05, 0) is 30.9 Å². The van der Waals surface area contributed by atoms with E-state index in [0.717, 1.165) is 31.2 Å². The minimum absolute atomic E-state index is 0.137. The van der Waals surface area contributed by atoms with Crippen LogP contribution in [0.4, 0.5) is 0 Å². The molecule has 1 aliphatic carbocycles.